The van der Waals surface area contributed by atoms with Crippen LogP contribution in [0.15, 0.2) is 18.3 Å². The molecule has 2 heterocycles. The fourth-order valence-electron chi connectivity index (χ4n) is 5.74. The molecule has 0 spiro atoms. The van der Waals surface area contributed by atoms with Gasteiger partial charge in [-0.05, 0) is 75.2 Å². The highest BCUT2D eigenvalue weighted by Gasteiger charge is 2.34. The van der Waals surface area contributed by atoms with Crippen molar-refractivity contribution in [3.8, 4) is 0 Å². The highest BCUT2D eigenvalue weighted by atomic mass is 35.5. The number of halogens is 4. The second-order valence-electron chi connectivity index (χ2n) is 9.57. The van der Waals surface area contributed by atoms with Crippen molar-refractivity contribution in [1.82, 2.24) is 9.88 Å². The summed E-state index contributed by atoms with van der Waals surface area (Å²) in [6, 6.07) is 3.40. The monoisotopic (exact) mass is 454 g/mol. The van der Waals surface area contributed by atoms with Crippen LogP contribution < -0.4 is 0 Å². The predicted octanol–water partition coefficient (Wildman–Crippen LogP) is 7.99. The zero-order chi connectivity index (χ0) is 21.8. The molecule has 2 aliphatic rings. The summed E-state index contributed by atoms with van der Waals surface area (Å²) in [5, 5.41) is 0.743. The maximum absolute atomic E-state index is 13.3. The van der Waals surface area contributed by atoms with E-state index in [0.717, 1.165) is 49.4 Å². The number of piperidine rings is 1. The van der Waals surface area contributed by atoms with Gasteiger partial charge in [-0.25, -0.2) is 0 Å². The van der Waals surface area contributed by atoms with Crippen LogP contribution in [0.4, 0.5) is 13.2 Å². The Balaban J connectivity index is 1.32. The molecule has 1 atom stereocenters. The van der Waals surface area contributed by atoms with Gasteiger partial charge in [-0.3, -0.25) is 0 Å². The molecule has 6 heteroatoms. The van der Waals surface area contributed by atoms with Gasteiger partial charge in [0.25, 0.3) is 0 Å². The quantitative estimate of drug-likeness (QED) is 0.420. The van der Waals surface area contributed by atoms with Crippen molar-refractivity contribution in [2.45, 2.75) is 89.3 Å². The molecule has 1 saturated carbocycles. The molecule has 2 aromatic rings. The minimum Gasteiger partial charge on any atom is -0.360 e. The number of aryl methyl sites for hydroxylation is 1. The van der Waals surface area contributed by atoms with E-state index in [0.29, 0.717) is 5.39 Å². The van der Waals surface area contributed by atoms with Crippen molar-refractivity contribution >= 4 is 22.5 Å². The van der Waals surface area contributed by atoms with E-state index in [2.05, 4.69) is 9.88 Å². The van der Waals surface area contributed by atoms with Crippen LogP contribution >= 0.6 is 11.6 Å². The fraction of sp³-hybridized carbons (Fsp3) is 0.680. The maximum atomic E-state index is 13.3. The molecule has 1 aromatic heterocycles. The first-order valence-corrected chi connectivity index (χ1v) is 12.4. The Morgan fingerprint density at radius 3 is 2.55 bits per heavy atom. The topological polar surface area (TPSA) is 19.0 Å². The lowest BCUT2D eigenvalue weighted by atomic mass is 9.82. The van der Waals surface area contributed by atoms with Crippen LogP contribution in [0.25, 0.3) is 10.9 Å². The SMILES string of the molecule is FC(F)(F)c1cc(Cl)cc2c(CCCCN3CCCCC3CC3CCCCC3)c[nH]c12. The van der Waals surface area contributed by atoms with Crippen molar-refractivity contribution in [1.29, 1.82) is 0 Å². The molecule has 0 bridgehead atoms. The van der Waals surface area contributed by atoms with Crippen molar-refractivity contribution in [3.05, 3.63) is 34.5 Å². The van der Waals surface area contributed by atoms with Crippen molar-refractivity contribution in [2.75, 3.05) is 13.1 Å². The smallest absolute Gasteiger partial charge is 0.360 e. The predicted molar refractivity (Wildman–Crippen MR) is 122 cm³/mol. The van der Waals surface area contributed by atoms with Gasteiger partial charge in [-0.15, -0.1) is 0 Å². The van der Waals surface area contributed by atoms with E-state index in [1.807, 2.05) is 0 Å². The molecule has 4 rings (SSSR count). The van der Waals surface area contributed by atoms with Crippen LogP contribution in [0.5, 0.6) is 0 Å². The fourth-order valence-corrected chi connectivity index (χ4v) is 5.96. The van der Waals surface area contributed by atoms with E-state index < -0.39 is 11.7 Å². The molecule has 1 unspecified atom stereocenters. The van der Waals surface area contributed by atoms with E-state index in [4.69, 9.17) is 11.6 Å². The summed E-state index contributed by atoms with van der Waals surface area (Å²) in [6.45, 7) is 2.31. The number of aromatic nitrogens is 1. The van der Waals surface area contributed by atoms with E-state index in [1.54, 1.807) is 12.3 Å². The lowest BCUT2D eigenvalue weighted by Gasteiger charge is -2.38. The van der Waals surface area contributed by atoms with Gasteiger partial charge in [0, 0.05) is 22.6 Å². The third kappa shape index (κ3) is 5.78. The zero-order valence-corrected chi connectivity index (χ0v) is 19.0. The third-order valence-corrected chi connectivity index (χ3v) is 7.58. The Labute approximate surface area is 188 Å². The van der Waals surface area contributed by atoms with Crippen LogP contribution in [0.1, 0.15) is 81.8 Å². The Morgan fingerprint density at radius 2 is 1.77 bits per heavy atom. The third-order valence-electron chi connectivity index (χ3n) is 7.37. The number of alkyl halides is 3. The summed E-state index contributed by atoms with van der Waals surface area (Å²) >= 11 is 6.00. The van der Waals surface area contributed by atoms with E-state index >= 15 is 0 Å². The Kier molecular flexibility index (Phi) is 7.53. The minimum absolute atomic E-state index is 0.138. The van der Waals surface area contributed by atoms with Crippen molar-refractivity contribution in [3.63, 3.8) is 0 Å². The molecule has 1 N–H and O–H groups in total. The van der Waals surface area contributed by atoms with Crippen LogP contribution in [-0.2, 0) is 12.6 Å². The lowest BCUT2D eigenvalue weighted by molar-refractivity contribution is -0.136. The molecule has 1 aromatic carbocycles. The van der Waals surface area contributed by atoms with E-state index in [1.165, 1.54) is 64.3 Å². The van der Waals surface area contributed by atoms with Crippen molar-refractivity contribution < 1.29 is 13.2 Å². The van der Waals surface area contributed by atoms with Gasteiger partial charge in [0.05, 0.1) is 11.1 Å². The zero-order valence-electron chi connectivity index (χ0n) is 18.2. The Bertz CT molecular complexity index is 854. The lowest BCUT2D eigenvalue weighted by Crippen LogP contribution is -2.41. The first-order valence-electron chi connectivity index (χ1n) is 12.0. The number of rotatable bonds is 7. The molecular weight excluding hydrogens is 421 g/mol. The summed E-state index contributed by atoms with van der Waals surface area (Å²) in [6.07, 6.45) is 12.5. The molecule has 1 aliphatic carbocycles. The number of unbranched alkanes of at least 4 members (excludes halogenated alkanes) is 1. The second-order valence-corrected chi connectivity index (χ2v) is 10.0. The number of benzene rings is 1. The molecule has 2 fully saturated rings. The number of nitrogens with one attached hydrogen (secondary N) is 1. The summed E-state index contributed by atoms with van der Waals surface area (Å²) in [5.41, 5.74) is 0.399. The summed E-state index contributed by atoms with van der Waals surface area (Å²) in [5.74, 6) is 0.915. The van der Waals surface area contributed by atoms with Crippen LogP contribution in [0.3, 0.4) is 0 Å². The second kappa shape index (κ2) is 10.2. The Morgan fingerprint density at radius 1 is 1.00 bits per heavy atom. The number of H-pyrrole nitrogens is 1. The van der Waals surface area contributed by atoms with Crippen LogP contribution in [-0.4, -0.2) is 29.0 Å². The number of hydrogen-bond acceptors (Lipinski definition) is 1. The number of aromatic amines is 1. The van der Waals surface area contributed by atoms with Gasteiger partial charge in [-0.1, -0.05) is 50.1 Å². The van der Waals surface area contributed by atoms with Gasteiger partial charge in [-0.2, -0.15) is 13.2 Å². The number of fused-ring (bicyclic) bond motifs is 1. The summed E-state index contributed by atoms with van der Waals surface area (Å²) in [4.78, 5) is 5.54. The molecular formula is C25H34ClF3N2. The largest absolute Gasteiger partial charge is 0.418 e. The number of nitrogens with zero attached hydrogens (tertiary/aromatic N) is 1. The van der Waals surface area contributed by atoms with Gasteiger partial charge in [0.2, 0.25) is 0 Å². The highest BCUT2D eigenvalue weighted by Crippen LogP contribution is 2.38. The summed E-state index contributed by atoms with van der Waals surface area (Å²) in [7, 11) is 0. The Hall–Kier alpha value is -1.20. The van der Waals surface area contributed by atoms with Crippen molar-refractivity contribution in [2.24, 2.45) is 5.92 Å². The van der Waals surface area contributed by atoms with Gasteiger partial charge >= 0.3 is 6.18 Å². The number of likely N-dealkylation sites (tertiary alicyclic amines) is 1. The summed E-state index contributed by atoms with van der Waals surface area (Å²) < 4.78 is 40.0. The van der Waals surface area contributed by atoms with Gasteiger partial charge < -0.3 is 9.88 Å². The number of hydrogen-bond donors (Lipinski definition) is 1. The molecule has 0 amide bonds. The molecule has 31 heavy (non-hydrogen) atoms. The molecule has 172 valence electrons. The van der Waals surface area contributed by atoms with E-state index in [-0.39, 0.29) is 10.5 Å². The molecule has 2 nitrogen and oxygen atoms in total. The molecule has 1 aliphatic heterocycles. The van der Waals surface area contributed by atoms with Crippen LogP contribution in [0, 0.1) is 5.92 Å². The van der Waals surface area contributed by atoms with Gasteiger partial charge in [0.1, 0.15) is 0 Å². The minimum atomic E-state index is -4.41. The average Bonchev–Trinajstić information content (AvgIpc) is 3.14. The standard InChI is InChI=1S/C25H34ClF3N2/c26-20-15-22-19(17-30-24(22)23(16-20)25(27,28)29)10-4-6-12-31-13-7-5-11-21(31)14-18-8-2-1-3-9-18/h15-18,21,30H,1-14H2. The van der Waals surface area contributed by atoms with E-state index in [9.17, 15) is 13.2 Å². The van der Waals surface area contributed by atoms with Crippen LogP contribution in [0.2, 0.25) is 5.02 Å². The maximum Gasteiger partial charge on any atom is 0.418 e. The first-order chi connectivity index (χ1) is 14.9. The normalized spacial score (nSPS) is 21.7. The average molecular weight is 455 g/mol. The molecule has 1 saturated heterocycles. The van der Waals surface area contributed by atoms with Gasteiger partial charge in [0.15, 0.2) is 0 Å². The molecule has 0 radical (unpaired) electrons. The highest BCUT2D eigenvalue weighted by molar-refractivity contribution is 6.31. The first kappa shape index (κ1) is 23.0.